The number of aryl methyl sites for hydroxylation is 1. The molecule has 1 unspecified atom stereocenters. The Hall–Kier alpha value is -1.36. The quantitative estimate of drug-likeness (QED) is 0.831. The van der Waals surface area contributed by atoms with Gasteiger partial charge in [0.05, 0.1) is 12.5 Å². The van der Waals surface area contributed by atoms with E-state index in [1.165, 1.54) is 6.42 Å². The van der Waals surface area contributed by atoms with E-state index in [0.717, 1.165) is 26.1 Å². The smallest absolute Gasteiger partial charge is 0.272 e. The zero-order valence-electron chi connectivity index (χ0n) is 10.5. The van der Waals surface area contributed by atoms with Gasteiger partial charge in [0.1, 0.15) is 5.69 Å². The van der Waals surface area contributed by atoms with Crippen molar-refractivity contribution in [2.45, 2.75) is 12.8 Å². The first-order chi connectivity index (χ1) is 8.22. The largest absolute Gasteiger partial charge is 0.337 e. The van der Waals surface area contributed by atoms with E-state index in [-0.39, 0.29) is 5.91 Å². The first-order valence-corrected chi connectivity index (χ1v) is 6.12. The van der Waals surface area contributed by atoms with E-state index in [4.69, 9.17) is 0 Å². The zero-order valence-corrected chi connectivity index (χ0v) is 10.5. The average Bonchev–Trinajstić information content (AvgIpc) is 2.75. The summed E-state index contributed by atoms with van der Waals surface area (Å²) >= 11 is 0. The maximum atomic E-state index is 12.3. The van der Waals surface area contributed by atoms with E-state index < -0.39 is 0 Å². The van der Waals surface area contributed by atoms with Crippen LogP contribution in [0.2, 0.25) is 0 Å². The van der Waals surface area contributed by atoms with E-state index in [1.807, 2.05) is 19.0 Å². The van der Waals surface area contributed by atoms with Crippen LogP contribution in [0.3, 0.4) is 0 Å². The normalized spacial score (nSPS) is 20.6. The van der Waals surface area contributed by atoms with Gasteiger partial charge in [0, 0.05) is 20.1 Å². The second kappa shape index (κ2) is 5.31. The Labute approximate surface area is 102 Å². The van der Waals surface area contributed by atoms with Crippen molar-refractivity contribution in [2.75, 3.05) is 26.7 Å². The van der Waals surface area contributed by atoms with Gasteiger partial charge in [0.15, 0.2) is 0 Å². The van der Waals surface area contributed by atoms with Crippen molar-refractivity contribution < 1.29 is 4.79 Å². The number of carbonyl (C=O) groups is 1. The van der Waals surface area contributed by atoms with Gasteiger partial charge >= 0.3 is 0 Å². The summed E-state index contributed by atoms with van der Waals surface area (Å²) in [5.74, 6) is 0.678. The third-order valence-electron chi connectivity index (χ3n) is 3.33. The summed E-state index contributed by atoms with van der Waals surface area (Å²) in [4.78, 5) is 18.2. The summed E-state index contributed by atoms with van der Waals surface area (Å²) < 4.78 is 1.78. The molecule has 2 heterocycles. The van der Waals surface area contributed by atoms with E-state index in [9.17, 15) is 4.79 Å². The van der Waals surface area contributed by atoms with Crippen molar-refractivity contribution in [2.24, 2.45) is 13.0 Å². The molecule has 2 rings (SSSR count). The molecule has 1 saturated heterocycles. The Morgan fingerprint density at radius 3 is 3.12 bits per heavy atom. The molecule has 1 aliphatic rings. The molecule has 0 saturated carbocycles. The number of carbonyl (C=O) groups excluding carboxylic acids is 1. The standard InChI is InChI=1S/C12H20N4O/c1-13-6-10-4-3-5-16(8-10)12(17)11-7-14-9-15(11)2/h7,9-10,13H,3-6,8H2,1-2H3. The Morgan fingerprint density at radius 2 is 2.47 bits per heavy atom. The Balaban J connectivity index is 2.02. The third kappa shape index (κ3) is 2.66. The molecule has 5 heteroatoms. The summed E-state index contributed by atoms with van der Waals surface area (Å²) in [5, 5.41) is 3.19. The van der Waals surface area contributed by atoms with Crippen molar-refractivity contribution in [1.29, 1.82) is 0 Å². The van der Waals surface area contributed by atoms with Gasteiger partial charge in [-0.25, -0.2) is 4.98 Å². The zero-order chi connectivity index (χ0) is 12.3. The number of nitrogens with zero attached hydrogens (tertiary/aromatic N) is 3. The SMILES string of the molecule is CNCC1CCCN(C(=O)c2cncn2C)C1. The van der Waals surface area contributed by atoms with Crippen LogP contribution in [0.4, 0.5) is 0 Å². The second-order valence-electron chi connectivity index (χ2n) is 4.71. The molecule has 5 nitrogen and oxygen atoms in total. The fourth-order valence-electron chi connectivity index (χ4n) is 2.43. The minimum atomic E-state index is 0.103. The Morgan fingerprint density at radius 1 is 1.65 bits per heavy atom. The van der Waals surface area contributed by atoms with Gasteiger partial charge in [-0.2, -0.15) is 0 Å². The topological polar surface area (TPSA) is 50.2 Å². The second-order valence-corrected chi connectivity index (χ2v) is 4.71. The van der Waals surface area contributed by atoms with E-state index in [0.29, 0.717) is 11.6 Å². The van der Waals surface area contributed by atoms with Gasteiger partial charge in [-0.05, 0) is 32.4 Å². The van der Waals surface area contributed by atoms with Crippen molar-refractivity contribution in [3.05, 3.63) is 18.2 Å². The fraction of sp³-hybridized carbons (Fsp3) is 0.667. The van der Waals surface area contributed by atoms with Crippen LogP contribution in [0.25, 0.3) is 0 Å². The Bertz CT molecular complexity index is 386. The molecule has 1 atom stereocenters. The molecule has 94 valence electrons. The van der Waals surface area contributed by atoms with Crippen LogP contribution in [-0.2, 0) is 7.05 Å². The molecule has 17 heavy (non-hydrogen) atoms. The lowest BCUT2D eigenvalue weighted by atomic mass is 9.98. The predicted octanol–water partition coefficient (Wildman–Crippen LogP) is 0.492. The van der Waals surface area contributed by atoms with Crippen molar-refractivity contribution in [1.82, 2.24) is 19.8 Å². The molecule has 0 radical (unpaired) electrons. The highest BCUT2D eigenvalue weighted by Crippen LogP contribution is 2.17. The molecule has 0 aliphatic carbocycles. The molecule has 1 fully saturated rings. The monoisotopic (exact) mass is 236 g/mol. The van der Waals surface area contributed by atoms with Crippen molar-refractivity contribution in [3.63, 3.8) is 0 Å². The molecular weight excluding hydrogens is 216 g/mol. The van der Waals surface area contributed by atoms with Crippen LogP contribution in [-0.4, -0.2) is 47.0 Å². The van der Waals surface area contributed by atoms with E-state index in [2.05, 4.69) is 10.3 Å². The maximum Gasteiger partial charge on any atom is 0.272 e. The molecule has 1 aromatic heterocycles. The molecule has 0 bridgehead atoms. The minimum Gasteiger partial charge on any atom is -0.337 e. The van der Waals surface area contributed by atoms with Crippen LogP contribution in [0.1, 0.15) is 23.3 Å². The summed E-state index contributed by atoms with van der Waals surface area (Å²) in [6.07, 6.45) is 5.61. The Kier molecular flexibility index (Phi) is 3.78. The number of likely N-dealkylation sites (tertiary alicyclic amines) is 1. The van der Waals surface area contributed by atoms with Crippen molar-refractivity contribution >= 4 is 5.91 Å². The number of amides is 1. The van der Waals surface area contributed by atoms with Gasteiger partial charge in [0.25, 0.3) is 5.91 Å². The third-order valence-corrected chi connectivity index (χ3v) is 3.33. The highest BCUT2D eigenvalue weighted by atomic mass is 16.2. The lowest BCUT2D eigenvalue weighted by molar-refractivity contribution is 0.0664. The van der Waals surface area contributed by atoms with Crippen LogP contribution in [0, 0.1) is 5.92 Å². The van der Waals surface area contributed by atoms with E-state index >= 15 is 0 Å². The van der Waals surface area contributed by atoms with Crippen LogP contribution in [0.15, 0.2) is 12.5 Å². The van der Waals surface area contributed by atoms with Gasteiger partial charge < -0.3 is 14.8 Å². The molecule has 1 amide bonds. The number of hydrogen-bond donors (Lipinski definition) is 1. The number of imidazole rings is 1. The average molecular weight is 236 g/mol. The van der Waals surface area contributed by atoms with Crippen LogP contribution in [0.5, 0.6) is 0 Å². The summed E-state index contributed by atoms with van der Waals surface area (Å²) in [6, 6.07) is 0. The first-order valence-electron chi connectivity index (χ1n) is 6.12. The molecular formula is C12H20N4O. The predicted molar refractivity (Wildman–Crippen MR) is 65.8 cm³/mol. The summed E-state index contributed by atoms with van der Waals surface area (Å²) in [5.41, 5.74) is 0.676. The van der Waals surface area contributed by atoms with Crippen LogP contribution >= 0.6 is 0 Å². The molecule has 1 N–H and O–H groups in total. The fourth-order valence-corrected chi connectivity index (χ4v) is 2.43. The van der Waals surface area contributed by atoms with Gasteiger partial charge in [-0.15, -0.1) is 0 Å². The molecule has 0 aromatic carbocycles. The number of aromatic nitrogens is 2. The number of hydrogen-bond acceptors (Lipinski definition) is 3. The molecule has 1 aliphatic heterocycles. The van der Waals surface area contributed by atoms with Crippen LogP contribution < -0.4 is 5.32 Å². The lowest BCUT2D eigenvalue weighted by Gasteiger charge is -2.32. The van der Waals surface area contributed by atoms with Gasteiger partial charge in [-0.3, -0.25) is 4.79 Å². The van der Waals surface area contributed by atoms with Crippen molar-refractivity contribution in [3.8, 4) is 0 Å². The van der Waals surface area contributed by atoms with Gasteiger partial charge in [0.2, 0.25) is 0 Å². The number of nitrogens with one attached hydrogen (secondary N) is 1. The summed E-state index contributed by atoms with van der Waals surface area (Å²) in [6.45, 7) is 2.70. The van der Waals surface area contributed by atoms with E-state index in [1.54, 1.807) is 17.1 Å². The lowest BCUT2D eigenvalue weighted by Crippen LogP contribution is -2.43. The number of piperidine rings is 1. The highest BCUT2D eigenvalue weighted by molar-refractivity contribution is 5.92. The first kappa shape index (κ1) is 12.1. The minimum absolute atomic E-state index is 0.103. The highest BCUT2D eigenvalue weighted by Gasteiger charge is 2.25. The molecule has 0 spiro atoms. The summed E-state index contributed by atoms with van der Waals surface area (Å²) in [7, 11) is 3.82. The maximum absolute atomic E-state index is 12.3. The molecule has 1 aromatic rings. The number of rotatable bonds is 3. The van der Waals surface area contributed by atoms with Gasteiger partial charge in [-0.1, -0.05) is 0 Å².